The lowest BCUT2D eigenvalue weighted by Crippen LogP contribution is -2.36. The molecule has 0 radical (unpaired) electrons. The molecule has 0 amide bonds. The number of rotatable bonds is 4. The lowest BCUT2D eigenvalue weighted by atomic mass is 9.69. The summed E-state index contributed by atoms with van der Waals surface area (Å²) < 4.78 is 0. The fourth-order valence-corrected chi connectivity index (χ4v) is 7.07. The monoisotopic (exact) mass is 615 g/mol. The summed E-state index contributed by atoms with van der Waals surface area (Å²) >= 11 is 0. The largest absolute Gasteiger partial charge is 0.410 e. The number of fused-ring (bicyclic) bond motifs is 2. The maximum Gasteiger partial charge on any atom is 0.410 e. The molecule has 4 aromatic rings. The average molecular weight is 616 g/mol. The Labute approximate surface area is 267 Å². The van der Waals surface area contributed by atoms with Crippen LogP contribution in [0.2, 0.25) is 0 Å². The molecule has 0 atom stereocenters. The zero-order valence-corrected chi connectivity index (χ0v) is 30.5. The molecule has 0 aliphatic carbocycles. The summed E-state index contributed by atoms with van der Waals surface area (Å²) in [5.74, 6) is -0.488. The van der Waals surface area contributed by atoms with Crippen LogP contribution in [0.4, 0.5) is 0 Å². The number of hydrogen-bond acceptors (Lipinski definition) is 3. The first-order valence-corrected chi connectivity index (χ1v) is 17.6. The lowest BCUT2D eigenvalue weighted by molar-refractivity contribution is 0.283. The summed E-state index contributed by atoms with van der Waals surface area (Å²) in [6, 6.07) is 22.4. The predicted octanol–water partition coefficient (Wildman–Crippen LogP) is 10.8. The van der Waals surface area contributed by atoms with Crippen LogP contribution in [0.25, 0.3) is 21.5 Å². The normalized spacial score (nSPS) is 14.2. The molecule has 0 aliphatic rings. The minimum atomic E-state index is -4.33. The Kier molecular flexibility index (Phi) is 8.57. The molecule has 4 heteroatoms. The van der Waals surface area contributed by atoms with E-state index in [1.807, 2.05) is 13.8 Å². The maximum absolute atomic E-state index is 11.1. The highest BCUT2D eigenvalue weighted by molar-refractivity contribution is 7.60. The summed E-state index contributed by atoms with van der Waals surface area (Å²) in [4.78, 5) is 33.4. The van der Waals surface area contributed by atoms with Gasteiger partial charge >= 0.3 is 7.94 Å². The molecule has 0 fully saturated rings. The van der Waals surface area contributed by atoms with E-state index in [1.165, 1.54) is 21.9 Å². The first kappa shape index (κ1) is 34.6. The zero-order valence-electron chi connectivity index (χ0n) is 29.6. The summed E-state index contributed by atoms with van der Waals surface area (Å²) in [5, 5.41) is 3.29. The molecule has 0 saturated heterocycles. The fourth-order valence-electron chi connectivity index (χ4n) is 6.44. The Morgan fingerprint density at radius 2 is 0.773 bits per heavy atom. The summed E-state index contributed by atoms with van der Waals surface area (Å²) in [6.07, 6.45) is 0. The SMILES string of the molecule is CC(C)(C)c1ccc2cc(C(c3cc4ccc(C(C)(C)C)cc4cc3C(C)(C)C)C(C)(C)[P+](O)(O)O)c(C(C)(C)C)cc2c1. The fraction of sp³-hybridized carbons (Fsp3) is 0.500. The maximum atomic E-state index is 11.1. The zero-order chi connectivity index (χ0) is 33.4. The summed E-state index contributed by atoms with van der Waals surface area (Å²) in [6.45, 7) is 30.3. The van der Waals surface area contributed by atoms with Crippen LogP contribution in [-0.4, -0.2) is 19.8 Å². The van der Waals surface area contributed by atoms with Crippen LogP contribution < -0.4 is 0 Å². The molecular weight excluding hydrogens is 559 g/mol. The highest BCUT2D eigenvalue weighted by Crippen LogP contribution is 2.66. The minimum Gasteiger partial charge on any atom is -0.192 e. The summed E-state index contributed by atoms with van der Waals surface area (Å²) in [5.41, 5.74) is 6.46. The highest BCUT2D eigenvalue weighted by atomic mass is 31.2. The van der Waals surface area contributed by atoms with Crippen LogP contribution >= 0.6 is 7.94 Å². The van der Waals surface area contributed by atoms with Crippen molar-refractivity contribution in [3.05, 3.63) is 94.0 Å². The molecule has 0 heterocycles. The van der Waals surface area contributed by atoms with E-state index in [9.17, 15) is 14.7 Å². The van der Waals surface area contributed by atoms with E-state index < -0.39 is 19.0 Å². The molecule has 0 aliphatic heterocycles. The van der Waals surface area contributed by atoms with Crippen molar-refractivity contribution in [3.8, 4) is 0 Å². The van der Waals surface area contributed by atoms with Crippen molar-refractivity contribution in [2.75, 3.05) is 0 Å². The van der Waals surface area contributed by atoms with Gasteiger partial charge in [-0.1, -0.05) is 144 Å². The van der Waals surface area contributed by atoms with Gasteiger partial charge < -0.3 is 0 Å². The van der Waals surface area contributed by atoms with E-state index in [-0.39, 0.29) is 21.7 Å². The van der Waals surface area contributed by atoms with E-state index in [0.29, 0.717) is 0 Å². The molecule has 3 nitrogen and oxygen atoms in total. The van der Waals surface area contributed by atoms with E-state index >= 15 is 0 Å². The van der Waals surface area contributed by atoms with Crippen molar-refractivity contribution >= 4 is 29.5 Å². The second-order valence-corrected chi connectivity index (χ2v) is 19.9. The molecule has 44 heavy (non-hydrogen) atoms. The molecule has 0 unspecified atom stereocenters. The smallest absolute Gasteiger partial charge is 0.192 e. The Morgan fingerprint density at radius 3 is 1.05 bits per heavy atom. The predicted molar refractivity (Wildman–Crippen MR) is 192 cm³/mol. The molecular formula is C40H56O3P+. The first-order valence-electron chi connectivity index (χ1n) is 16.0. The molecule has 238 valence electrons. The molecule has 3 N–H and O–H groups in total. The standard InChI is InChI=1S/C40H56O3P/c1-36(2,3)29-17-15-25-21-31(33(38(7,8)9)23-27(25)19-29)35(40(13,14)44(41,42)43)32-22-26-16-18-30(37(4,5)6)20-28(26)24-34(32)39(10,11)12/h15-24,35,41-43H,1-14H3/q+1. The number of benzene rings is 4. The molecule has 0 aromatic heterocycles. The van der Waals surface area contributed by atoms with Gasteiger partial charge in [-0.15, -0.1) is 0 Å². The van der Waals surface area contributed by atoms with Gasteiger partial charge in [-0.25, -0.2) is 0 Å². The van der Waals surface area contributed by atoms with Crippen molar-refractivity contribution in [2.24, 2.45) is 0 Å². The Morgan fingerprint density at radius 1 is 0.432 bits per heavy atom. The van der Waals surface area contributed by atoms with Gasteiger partial charge in [0.15, 0.2) is 5.16 Å². The molecule has 4 aromatic carbocycles. The van der Waals surface area contributed by atoms with E-state index in [1.54, 1.807) is 0 Å². The van der Waals surface area contributed by atoms with Crippen molar-refractivity contribution in [1.82, 2.24) is 0 Å². The van der Waals surface area contributed by atoms with Crippen LogP contribution in [0.15, 0.2) is 60.7 Å². The van der Waals surface area contributed by atoms with Crippen molar-refractivity contribution in [1.29, 1.82) is 0 Å². The van der Waals surface area contributed by atoms with Gasteiger partial charge in [-0.3, -0.25) is 0 Å². The van der Waals surface area contributed by atoms with E-state index in [4.69, 9.17) is 0 Å². The second kappa shape index (κ2) is 10.9. The Balaban J connectivity index is 2.17. The topological polar surface area (TPSA) is 60.7 Å². The van der Waals surface area contributed by atoms with Gasteiger partial charge in [0.25, 0.3) is 0 Å². The molecule has 0 spiro atoms. The van der Waals surface area contributed by atoms with E-state index in [2.05, 4.69) is 144 Å². The van der Waals surface area contributed by atoms with Crippen molar-refractivity contribution < 1.29 is 14.7 Å². The quantitative estimate of drug-likeness (QED) is 0.200. The first-order chi connectivity index (χ1) is 19.7. The van der Waals surface area contributed by atoms with Gasteiger partial charge in [-0.05, 0) is 90.4 Å². The van der Waals surface area contributed by atoms with Gasteiger partial charge in [0.1, 0.15) is 0 Å². The van der Waals surface area contributed by atoms with Crippen molar-refractivity contribution in [3.63, 3.8) is 0 Å². The average Bonchev–Trinajstić information content (AvgIpc) is 2.84. The Hall–Kier alpha value is -2.29. The number of hydrogen-bond donors (Lipinski definition) is 3. The molecule has 4 rings (SSSR count). The van der Waals surface area contributed by atoms with Gasteiger partial charge in [0.05, 0.1) is 5.92 Å². The van der Waals surface area contributed by atoms with Crippen LogP contribution in [0.3, 0.4) is 0 Å². The minimum absolute atomic E-state index is 0.0214. The van der Waals surface area contributed by atoms with Crippen LogP contribution in [0.1, 0.15) is 136 Å². The van der Waals surface area contributed by atoms with Crippen LogP contribution in [0, 0.1) is 0 Å². The van der Waals surface area contributed by atoms with Crippen LogP contribution in [-0.2, 0) is 21.7 Å². The van der Waals surface area contributed by atoms with E-state index in [0.717, 1.165) is 33.0 Å². The third-order valence-corrected chi connectivity index (χ3v) is 11.3. The molecule has 0 saturated carbocycles. The Bertz CT molecular complexity index is 1580. The van der Waals surface area contributed by atoms with Gasteiger partial charge in [-0.2, -0.15) is 14.7 Å². The molecule has 0 bridgehead atoms. The third-order valence-electron chi connectivity index (χ3n) is 9.47. The third kappa shape index (κ3) is 6.63. The lowest BCUT2D eigenvalue weighted by Gasteiger charge is -2.39. The summed E-state index contributed by atoms with van der Waals surface area (Å²) in [7, 11) is -4.33. The van der Waals surface area contributed by atoms with Crippen molar-refractivity contribution in [2.45, 2.75) is 130 Å². The van der Waals surface area contributed by atoms with Gasteiger partial charge in [0, 0.05) is 0 Å². The van der Waals surface area contributed by atoms with Gasteiger partial charge in [0.2, 0.25) is 0 Å². The second-order valence-electron chi connectivity index (χ2n) is 17.7. The van der Waals surface area contributed by atoms with Crippen LogP contribution in [0.5, 0.6) is 0 Å². The highest BCUT2D eigenvalue weighted by Gasteiger charge is 2.58.